The van der Waals surface area contributed by atoms with E-state index in [9.17, 15) is 12.8 Å². The second kappa shape index (κ2) is 6.59. The first-order valence-electron chi connectivity index (χ1n) is 6.17. The molecule has 0 unspecified atom stereocenters. The third kappa shape index (κ3) is 4.05. The second-order valence-electron chi connectivity index (χ2n) is 4.52. The summed E-state index contributed by atoms with van der Waals surface area (Å²) < 4.78 is 41.4. The molecule has 1 aromatic heterocycles. The summed E-state index contributed by atoms with van der Waals surface area (Å²) in [6, 6.07) is 4.37. The van der Waals surface area contributed by atoms with Gasteiger partial charge in [0.1, 0.15) is 10.7 Å². The molecule has 0 aliphatic rings. The number of halogens is 1. The highest BCUT2D eigenvalue weighted by atomic mass is 32.2. The van der Waals surface area contributed by atoms with Crippen molar-refractivity contribution in [1.82, 2.24) is 14.5 Å². The van der Waals surface area contributed by atoms with Crippen LogP contribution in [0.5, 0.6) is 0 Å². The topological polar surface area (TPSA) is 64.0 Å². The zero-order valence-corrected chi connectivity index (χ0v) is 13.3. The van der Waals surface area contributed by atoms with E-state index in [2.05, 4.69) is 9.82 Å². The van der Waals surface area contributed by atoms with E-state index in [-0.39, 0.29) is 17.3 Å². The maximum atomic E-state index is 13.3. The Bertz CT molecular complexity index is 729. The lowest BCUT2D eigenvalue weighted by Gasteiger charge is -2.10. The van der Waals surface area contributed by atoms with E-state index in [1.54, 1.807) is 24.9 Å². The molecular formula is C13H16FN3O2S2. The first kappa shape index (κ1) is 16.0. The molecule has 114 valence electrons. The number of thioether (sulfide) groups is 1. The van der Waals surface area contributed by atoms with Gasteiger partial charge in [0.15, 0.2) is 0 Å². The van der Waals surface area contributed by atoms with Gasteiger partial charge in [-0.1, -0.05) is 6.07 Å². The minimum absolute atomic E-state index is 0.110. The van der Waals surface area contributed by atoms with Gasteiger partial charge in [-0.15, -0.1) is 0 Å². The largest absolute Gasteiger partial charge is 0.274 e. The van der Waals surface area contributed by atoms with Gasteiger partial charge in [-0.2, -0.15) is 16.9 Å². The molecule has 2 rings (SSSR count). The van der Waals surface area contributed by atoms with Crippen molar-refractivity contribution in [3.63, 3.8) is 0 Å². The molecule has 0 fully saturated rings. The summed E-state index contributed by atoms with van der Waals surface area (Å²) >= 11 is 1.55. The zero-order chi connectivity index (χ0) is 15.5. The van der Waals surface area contributed by atoms with Gasteiger partial charge in [0.2, 0.25) is 10.0 Å². The summed E-state index contributed by atoms with van der Waals surface area (Å²) in [5.41, 5.74) is 1.55. The molecule has 1 N–H and O–H groups in total. The highest BCUT2D eigenvalue weighted by Crippen LogP contribution is 2.17. The highest BCUT2D eigenvalue weighted by molar-refractivity contribution is 7.97. The highest BCUT2D eigenvalue weighted by Gasteiger charge is 2.16. The first-order valence-corrected chi connectivity index (χ1v) is 9.04. The number of nitrogens with zero attached hydrogens (tertiary/aromatic N) is 2. The molecule has 21 heavy (non-hydrogen) atoms. The van der Waals surface area contributed by atoms with E-state index in [0.29, 0.717) is 5.75 Å². The Balaban J connectivity index is 2.16. The van der Waals surface area contributed by atoms with E-state index in [4.69, 9.17) is 0 Å². The molecule has 0 bridgehead atoms. The van der Waals surface area contributed by atoms with Crippen LogP contribution in [0.1, 0.15) is 11.1 Å². The lowest BCUT2D eigenvalue weighted by atomic mass is 10.1. The van der Waals surface area contributed by atoms with Gasteiger partial charge in [-0.05, 0) is 29.5 Å². The molecule has 0 atom stereocenters. The van der Waals surface area contributed by atoms with Gasteiger partial charge in [0.25, 0.3) is 0 Å². The normalized spacial score (nSPS) is 11.8. The van der Waals surface area contributed by atoms with Gasteiger partial charge in [-0.3, -0.25) is 4.68 Å². The molecule has 0 aliphatic carbocycles. The summed E-state index contributed by atoms with van der Waals surface area (Å²) in [5.74, 6) is 0.305. The first-order chi connectivity index (χ1) is 9.92. The van der Waals surface area contributed by atoms with Crippen LogP contribution in [0.3, 0.4) is 0 Å². The lowest BCUT2D eigenvalue weighted by Crippen LogP contribution is -2.23. The van der Waals surface area contributed by atoms with Crippen molar-refractivity contribution in [3.05, 3.63) is 47.5 Å². The predicted octanol–water partition coefficient (Wildman–Crippen LogP) is 1.90. The van der Waals surface area contributed by atoms with Gasteiger partial charge in [0, 0.05) is 25.5 Å². The van der Waals surface area contributed by atoms with Gasteiger partial charge < -0.3 is 0 Å². The number of hydrogen-bond donors (Lipinski definition) is 1. The van der Waals surface area contributed by atoms with Crippen LogP contribution in [0.15, 0.2) is 35.5 Å². The monoisotopic (exact) mass is 329 g/mol. The standard InChI is InChI=1S/C13H16FN3O2S2/c1-17-8-13(7-15-17)21(18,19)16-6-10-3-4-12(14)5-11(10)9-20-2/h3-5,7-8,16H,6,9H2,1-2H3. The second-order valence-corrected chi connectivity index (χ2v) is 7.15. The fourth-order valence-electron chi connectivity index (χ4n) is 1.85. The molecule has 0 saturated heterocycles. The van der Waals surface area contributed by atoms with Gasteiger partial charge in [-0.25, -0.2) is 17.5 Å². The van der Waals surface area contributed by atoms with Crippen molar-refractivity contribution in [2.45, 2.75) is 17.2 Å². The van der Waals surface area contributed by atoms with Crippen LogP contribution in [0.2, 0.25) is 0 Å². The maximum absolute atomic E-state index is 13.3. The van der Waals surface area contributed by atoms with Crippen molar-refractivity contribution in [2.75, 3.05) is 6.26 Å². The summed E-state index contributed by atoms with van der Waals surface area (Å²) in [6.07, 6.45) is 4.63. The molecule has 0 amide bonds. The number of aryl methyl sites for hydroxylation is 1. The molecule has 0 aliphatic heterocycles. The zero-order valence-electron chi connectivity index (χ0n) is 11.7. The van der Waals surface area contributed by atoms with Crippen molar-refractivity contribution >= 4 is 21.8 Å². The van der Waals surface area contributed by atoms with Crippen LogP contribution in [0.25, 0.3) is 0 Å². The van der Waals surface area contributed by atoms with Crippen LogP contribution < -0.4 is 4.72 Å². The number of rotatable bonds is 6. The predicted molar refractivity (Wildman–Crippen MR) is 80.9 cm³/mol. The van der Waals surface area contributed by atoms with Crippen LogP contribution in [0.4, 0.5) is 4.39 Å². The molecule has 2 aromatic rings. The molecule has 1 aromatic carbocycles. The van der Waals surface area contributed by atoms with E-state index < -0.39 is 10.0 Å². The number of hydrogen-bond acceptors (Lipinski definition) is 4. The Hall–Kier alpha value is -1.38. The Morgan fingerprint density at radius 2 is 2.14 bits per heavy atom. The Morgan fingerprint density at radius 3 is 2.76 bits per heavy atom. The van der Waals surface area contributed by atoms with Crippen LogP contribution >= 0.6 is 11.8 Å². The van der Waals surface area contributed by atoms with Crippen LogP contribution in [0, 0.1) is 5.82 Å². The fourth-order valence-corrected chi connectivity index (χ4v) is 3.42. The molecule has 0 radical (unpaired) electrons. The molecule has 0 saturated carbocycles. The number of benzene rings is 1. The molecule has 0 spiro atoms. The quantitative estimate of drug-likeness (QED) is 0.879. The minimum Gasteiger partial charge on any atom is -0.274 e. The SMILES string of the molecule is CSCc1cc(F)ccc1CNS(=O)(=O)c1cnn(C)c1. The lowest BCUT2D eigenvalue weighted by molar-refractivity contribution is 0.581. The summed E-state index contributed by atoms with van der Waals surface area (Å²) in [6.45, 7) is 0.118. The number of sulfonamides is 1. The molecule has 5 nitrogen and oxygen atoms in total. The van der Waals surface area contributed by atoms with E-state index in [0.717, 1.165) is 11.1 Å². The summed E-state index contributed by atoms with van der Waals surface area (Å²) in [4.78, 5) is 0.110. The van der Waals surface area contributed by atoms with Gasteiger partial charge >= 0.3 is 0 Å². The van der Waals surface area contributed by atoms with Crippen LogP contribution in [-0.4, -0.2) is 24.5 Å². The smallest absolute Gasteiger partial charge is 0.243 e. The Morgan fingerprint density at radius 1 is 1.38 bits per heavy atom. The van der Waals surface area contributed by atoms with Crippen molar-refractivity contribution in [3.8, 4) is 0 Å². The number of nitrogens with one attached hydrogen (secondary N) is 1. The van der Waals surface area contributed by atoms with Crippen LogP contribution in [-0.2, 0) is 29.4 Å². The fraction of sp³-hybridized carbons (Fsp3) is 0.308. The van der Waals surface area contributed by atoms with E-state index >= 15 is 0 Å². The Labute approximate surface area is 127 Å². The third-order valence-corrected chi connectivity index (χ3v) is 4.87. The summed E-state index contributed by atoms with van der Waals surface area (Å²) in [5, 5.41) is 3.84. The average Bonchev–Trinajstić information content (AvgIpc) is 2.86. The van der Waals surface area contributed by atoms with Gasteiger partial charge in [0.05, 0.1) is 6.20 Å². The van der Waals surface area contributed by atoms with Crippen molar-refractivity contribution in [1.29, 1.82) is 0 Å². The minimum atomic E-state index is -3.61. The molecule has 1 heterocycles. The van der Waals surface area contributed by atoms with E-state index in [1.807, 2.05) is 6.26 Å². The summed E-state index contributed by atoms with van der Waals surface area (Å²) in [7, 11) is -1.96. The van der Waals surface area contributed by atoms with Crippen molar-refractivity contribution in [2.24, 2.45) is 7.05 Å². The number of aromatic nitrogens is 2. The third-order valence-electron chi connectivity index (χ3n) is 2.91. The maximum Gasteiger partial charge on any atom is 0.243 e. The average molecular weight is 329 g/mol. The Kier molecular flexibility index (Phi) is 5.02. The van der Waals surface area contributed by atoms with Crippen molar-refractivity contribution < 1.29 is 12.8 Å². The molecular weight excluding hydrogens is 313 g/mol. The van der Waals surface area contributed by atoms with E-state index in [1.165, 1.54) is 29.2 Å². The molecule has 8 heteroatoms.